The lowest BCUT2D eigenvalue weighted by Crippen LogP contribution is -2.05. The summed E-state index contributed by atoms with van der Waals surface area (Å²) in [5, 5.41) is 3.85. The second kappa shape index (κ2) is 6.24. The molecule has 0 aliphatic carbocycles. The molecule has 3 N–H and O–H groups in total. The smallest absolute Gasteiger partial charge is 0.154 e. The number of hydrogen-bond acceptors (Lipinski definition) is 5. The zero-order valence-corrected chi connectivity index (χ0v) is 11.6. The van der Waals surface area contributed by atoms with Gasteiger partial charge >= 0.3 is 0 Å². The Morgan fingerprint density at radius 3 is 2.74 bits per heavy atom. The minimum Gasteiger partial charge on any atom is -0.394 e. The Hall–Kier alpha value is -2.01. The van der Waals surface area contributed by atoms with Crippen LogP contribution in [0, 0.1) is 6.92 Å². The van der Waals surface area contributed by atoms with E-state index in [2.05, 4.69) is 53.1 Å². The van der Waals surface area contributed by atoms with Gasteiger partial charge in [0.25, 0.3) is 0 Å². The van der Waals surface area contributed by atoms with Gasteiger partial charge in [0.1, 0.15) is 17.0 Å². The van der Waals surface area contributed by atoms with Crippen LogP contribution < -0.4 is 11.1 Å². The molecule has 0 saturated carbocycles. The molecule has 4 nitrogen and oxygen atoms in total. The van der Waals surface area contributed by atoms with Crippen LogP contribution in [0.3, 0.4) is 0 Å². The molecule has 0 radical (unpaired) electrons. The molecule has 98 valence electrons. The first-order valence-electron chi connectivity index (χ1n) is 5.90. The quantitative estimate of drug-likeness (QED) is 0.647. The predicted molar refractivity (Wildman–Crippen MR) is 80.4 cm³/mol. The molecule has 0 atom stereocenters. The third kappa shape index (κ3) is 3.48. The normalized spacial score (nSPS) is 10.2. The maximum absolute atomic E-state index is 6.06. The molecule has 2 rings (SSSR count). The van der Waals surface area contributed by atoms with Crippen molar-refractivity contribution in [2.45, 2.75) is 16.8 Å². The van der Waals surface area contributed by atoms with Crippen molar-refractivity contribution in [3.8, 4) is 0 Å². The molecule has 1 heterocycles. The molecule has 0 unspecified atom stereocenters. The van der Waals surface area contributed by atoms with E-state index in [0.717, 1.165) is 9.92 Å². The van der Waals surface area contributed by atoms with Crippen LogP contribution in [0.25, 0.3) is 0 Å². The molecule has 0 aliphatic heterocycles. The van der Waals surface area contributed by atoms with Crippen molar-refractivity contribution in [2.24, 2.45) is 0 Å². The van der Waals surface area contributed by atoms with Crippen molar-refractivity contribution in [1.29, 1.82) is 0 Å². The highest BCUT2D eigenvalue weighted by atomic mass is 32.2. The number of nitrogens with zero attached hydrogens (tertiary/aromatic N) is 2. The molecule has 1 aromatic heterocycles. The molecule has 5 heteroatoms. The summed E-state index contributed by atoms with van der Waals surface area (Å²) < 4.78 is 0. The molecule has 2 aromatic rings. The summed E-state index contributed by atoms with van der Waals surface area (Å²) >= 11 is 1.53. The summed E-state index contributed by atoms with van der Waals surface area (Å²) in [7, 11) is 0. The Kier molecular flexibility index (Phi) is 4.41. The van der Waals surface area contributed by atoms with Gasteiger partial charge < -0.3 is 11.1 Å². The van der Waals surface area contributed by atoms with Crippen molar-refractivity contribution < 1.29 is 0 Å². The summed E-state index contributed by atoms with van der Waals surface area (Å²) in [6.07, 6.45) is 3.27. The minimum atomic E-state index is 0.565. The number of benzene rings is 1. The maximum atomic E-state index is 6.06. The van der Waals surface area contributed by atoms with Gasteiger partial charge in [-0.1, -0.05) is 35.5 Å². The molecular formula is C14H16N4S. The number of nitrogen functional groups attached to an aromatic ring is 1. The molecule has 0 fully saturated rings. The zero-order chi connectivity index (χ0) is 13.7. The van der Waals surface area contributed by atoms with Gasteiger partial charge in [0.15, 0.2) is 5.82 Å². The summed E-state index contributed by atoms with van der Waals surface area (Å²) in [5.41, 5.74) is 7.85. The molecule has 1 aromatic carbocycles. The third-order valence-corrected chi connectivity index (χ3v) is 3.52. The van der Waals surface area contributed by atoms with E-state index in [1.165, 1.54) is 23.7 Å². The molecule has 0 amide bonds. The summed E-state index contributed by atoms with van der Waals surface area (Å²) in [5.74, 6) is 0.643. The first kappa shape index (κ1) is 13.4. The molecule has 19 heavy (non-hydrogen) atoms. The number of hydrogen-bond donors (Lipinski definition) is 2. The fourth-order valence-electron chi connectivity index (χ4n) is 1.49. The molecule has 0 saturated heterocycles. The lowest BCUT2D eigenvalue weighted by atomic mass is 10.2. The maximum Gasteiger partial charge on any atom is 0.154 e. The largest absolute Gasteiger partial charge is 0.394 e. The highest BCUT2D eigenvalue weighted by Crippen LogP contribution is 2.32. The van der Waals surface area contributed by atoms with Gasteiger partial charge in [0.05, 0.1) is 0 Å². The van der Waals surface area contributed by atoms with Crippen molar-refractivity contribution >= 4 is 23.3 Å². The lowest BCUT2D eigenvalue weighted by Gasteiger charge is -2.09. The minimum absolute atomic E-state index is 0.565. The first-order chi connectivity index (χ1) is 9.20. The Morgan fingerprint density at radius 1 is 1.32 bits per heavy atom. The average molecular weight is 272 g/mol. The molecule has 0 aliphatic rings. The van der Waals surface area contributed by atoms with E-state index < -0.39 is 0 Å². The van der Waals surface area contributed by atoms with E-state index >= 15 is 0 Å². The highest BCUT2D eigenvalue weighted by molar-refractivity contribution is 7.99. The average Bonchev–Trinajstić information content (AvgIpc) is 2.42. The van der Waals surface area contributed by atoms with Crippen LogP contribution >= 0.6 is 11.8 Å². The van der Waals surface area contributed by atoms with Crippen LogP contribution in [0.5, 0.6) is 0 Å². The standard InChI is InChI=1S/C14H16N4S/c1-3-8-16-13-12(15)14(18-9-17-13)19-11-6-4-10(2)5-7-11/h3-7,9H,1,8,15H2,2H3,(H,16,17,18). The fraction of sp³-hybridized carbons (Fsp3) is 0.143. The van der Waals surface area contributed by atoms with E-state index in [1.54, 1.807) is 6.08 Å². The van der Waals surface area contributed by atoms with Crippen molar-refractivity contribution in [3.05, 3.63) is 48.8 Å². The number of anilines is 2. The fourth-order valence-corrected chi connectivity index (χ4v) is 2.29. The molecule has 0 bridgehead atoms. The van der Waals surface area contributed by atoms with Gasteiger partial charge in [0.2, 0.25) is 0 Å². The van der Waals surface area contributed by atoms with Crippen LogP contribution in [0.1, 0.15) is 5.56 Å². The first-order valence-corrected chi connectivity index (χ1v) is 6.72. The highest BCUT2D eigenvalue weighted by Gasteiger charge is 2.08. The third-order valence-electron chi connectivity index (χ3n) is 2.50. The monoisotopic (exact) mass is 272 g/mol. The van der Waals surface area contributed by atoms with Gasteiger partial charge in [-0.25, -0.2) is 9.97 Å². The number of aromatic nitrogens is 2. The molecular weight excluding hydrogens is 256 g/mol. The van der Waals surface area contributed by atoms with Gasteiger partial charge in [0, 0.05) is 11.4 Å². The van der Waals surface area contributed by atoms with Gasteiger partial charge in [-0.3, -0.25) is 0 Å². The number of aryl methyl sites for hydroxylation is 1. The Bertz CT molecular complexity index is 566. The topological polar surface area (TPSA) is 63.8 Å². The Labute approximate surface area is 117 Å². The SMILES string of the molecule is C=CCNc1ncnc(Sc2ccc(C)cc2)c1N. The van der Waals surface area contributed by atoms with E-state index in [4.69, 9.17) is 5.73 Å². The number of rotatable bonds is 5. The van der Waals surface area contributed by atoms with E-state index in [1.807, 2.05) is 0 Å². The Morgan fingerprint density at radius 2 is 2.05 bits per heavy atom. The van der Waals surface area contributed by atoms with Crippen LogP contribution in [-0.4, -0.2) is 16.5 Å². The van der Waals surface area contributed by atoms with E-state index in [9.17, 15) is 0 Å². The van der Waals surface area contributed by atoms with Crippen LogP contribution in [-0.2, 0) is 0 Å². The summed E-state index contributed by atoms with van der Waals surface area (Å²) in [6.45, 7) is 6.33. The van der Waals surface area contributed by atoms with Crippen molar-refractivity contribution in [1.82, 2.24) is 9.97 Å². The zero-order valence-electron chi connectivity index (χ0n) is 10.8. The number of nitrogens with one attached hydrogen (secondary N) is 1. The Balaban J connectivity index is 2.20. The second-order valence-electron chi connectivity index (χ2n) is 4.03. The van der Waals surface area contributed by atoms with Gasteiger partial charge in [-0.05, 0) is 19.1 Å². The van der Waals surface area contributed by atoms with Crippen LogP contribution in [0.4, 0.5) is 11.5 Å². The van der Waals surface area contributed by atoms with E-state index in [0.29, 0.717) is 18.1 Å². The predicted octanol–water partition coefficient (Wildman–Crippen LogP) is 3.12. The summed E-state index contributed by atoms with van der Waals surface area (Å²) in [6, 6.07) is 8.24. The lowest BCUT2D eigenvalue weighted by molar-refractivity contribution is 1.05. The van der Waals surface area contributed by atoms with Crippen LogP contribution in [0.15, 0.2) is 53.2 Å². The van der Waals surface area contributed by atoms with E-state index in [-0.39, 0.29) is 0 Å². The van der Waals surface area contributed by atoms with Crippen molar-refractivity contribution in [3.63, 3.8) is 0 Å². The van der Waals surface area contributed by atoms with Gasteiger partial charge in [-0.2, -0.15) is 0 Å². The summed E-state index contributed by atoms with van der Waals surface area (Å²) in [4.78, 5) is 9.45. The number of nitrogens with two attached hydrogens (primary N) is 1. The van der Waals surface area contributed by atoms with Crippen LogP contribution in [0.2, 0.25) is 0 Å². The van der Waals surface area contributed by atoms with Crippen molar-refractivity contribution in [2.75, 3.05) is 17.6 Å². The van der Waals surface area contributed by atoms with Gasteiger partial charge in [-0.15, -0.1) is 6.58 Å². The second-order valence-corrected chi connectivity index (χ2v) is 5.09. The molecule has 0 spiro atoms.